The lowest BCUT2D eigenvalue weighted by Gasteiger charge is -2.12. The summed E-state index contributed by atoms with van der Waals surface area (Å²) in [4.78, 5) is 17.8. The summed E-state index contributed by atoms with van der Waals surface area (Å²) in [6, 6.07) is 9.40. The topological polar surface area (TPSA) is 45.2 Å². The molecule has 21 heavy (non-hydrogen) atoms. The molecule has 0 aliphatic carbocycles. The normalized spacial score (nSPS) is 10.3. The number of carbonyl (C=O) groups is 1. The number of halogens is 2. The minimum atomic E-state index is -0.0124. The summed E-state index contributed by atoms with van der Waals surface area (Å²) in [7, 11) is 3.48. The second-order valence-corrected chi connectivity index (χ2v) is 6.49. The molecule has 0 radical (unpaired) electrons. The number of nitrogens with zero attached hydrogens (tertiary/aromatic N) is 2. The van der Waals surface area contributed by atoms with E-state index in [2.05, 4.69) is 42.2 Å². The molecule has 0 unspecified atom stereocenters. The van der Waals surface area contributed by atoms with Crippen molar-refractivity contribution in [3.8, 4) is 0 Å². The maximum absolute atomic E-state index is 11.9. The minimum absolute atomic E-state index is 0.0124. The zero-order chi connectivity index (χ0) is 15.4. The van der Waals surface area contributed by atoms with Crippen LogP contribution in [0.3, 0.4) is 0 Å². The Kier molecular flexibility index (Phi) is 5.36. The van der Waals surface area contributed by atoms with Gasteiger partial charge in [0.05, 0.1) is 12.2 Å². The lowest BCUT2D eigenvalue weighted by molar-refractivity contribution is 0.0827. The highest BCUT2D eigenvalue weighted by Gasteiger charge is 2.08. The summed E-state index contributed by atoms with van der Waals surface area (Å²) in [5, 5.41) is 3.28. The molecule has 0 spiro atoms. The second kappa shape index (κ2) is 7.04. The zero-order valence-corrected chi connectivity index (χ0v) is 14.9. The fourth-order valence-electron chi connectivity index (χ4n) is 1.78. The van der Waals surface area contributed by atoms with Gasteiger partial charge in [0.25, 0.3) is 5.91 Å². The van der Waals surface area contributed by atoms with Crippen molar-refractivity contribution in [3.05, 3.63) is 56.7 Å². The van der Waals surface area contributed by atoms with E-state index in [0.717, 1.165) is 20.3 Å². The summed E-state index contributed by atoms with van der Waals surface area (Å²) in [5.74, 6) is -0.0124. The number of rotatable bonds is 4. The van der Waals surface area contributed by atoms with Crippen LogP contribution >= 0.6 is 31.9 Å². The van der Waals surface area contributed by atoms with Gasteiger partial charge in [-0.25, -0.2) is 0 Å². The quantitative estimate of drug-likeness (QED) is 0.827. The number of anilines is 1. The Hall–Kier alpha value is -1.40. The molecule has 0 atom stereocenters. The van der Waals surface area contributed by atoms with Gasteiger partial charge in [0.15, 0.2) is 0 Å². The van der Waals surface area contributed by atoms with E-state index in [0.29, 0.717) is 12.1 Å². The first kappa shape index (κ1) is 16.0. The average molecular weight is 413 g/mol. The Morgan fingerprint density at radius 3 is 2.71 bits per heavy atom. The van der Waals surface area contributed by atoms with Crippen LogP contribution < -0.4 is 5.32 Å². The molecule has 0 fully saturated rings. The molecule has 1 heterocycles. The van der Waals surface area contributed by atoms with Gasteiger partial charge >= 0.3 is 0 Å². The van der Waals surface area contributed by atoms with Crippen molar-refractivity contribution >= 4 is 43.5 Å². The monoisotopic (exact) mass is 411 g/mol. The molecule has 0 bridgehead atoms. The number of aromatic nitrogens is 1. The van der Waals surface area contributed by atoms with Gasteiger partial charge < -0.3 is 10.2 Å². The van der Waals surface area contributed by atoms with Gasteiger partial charge in [0.2, 0.25) is 0 Å². The van der Waals surface area contributed by atoms with Crippen LogP contribution in [0.25, 0.3) is 0 Å². The van der Waals surface area contributed by atoms with Crippen LogP contribution in [0.15, 0.2) is 45.5 Å². The summed E-state index contributed by atoms with van der Waals surface area (Å²) >= 11 is 6.86. The minimum Gasteiger partial charge on any atom is -0.379 e. The van der Waals surface area contributed by atoms with Crippen molar-refractivity contribution in [2.75, 3.05) is 19.4 Å². The third-order valence-corrected chi connectivity index (χ3v) is 3.98. The van der Waals surface area contributed by atoms with Gasteiger partial charge in [-0.15, -0.1) is 0 Å². The Morgan fingerprint density at radius 2 is 2.05 bits per heavy atom. The molecular formula is C15H15Br2N3O. The Balaban J connectivity index is 2.10. The third kappa shape index (κ3) is 4.28. The lowest BCUT2D eigenvalue weighted by atomic mass is 10.2. The molecule has 1 amide bonds. The first-order chi connectivity index (χ1) is 9.97. The van der Waals surface area contributed by atoms with E-state index in [-0.39, 0.29) is 5.91 Å². The molecule has 1 aromatic heterocycles. The van der Waals surface area contributed by atoms with Crippen molar-refractivity contribution in [1.82, 2.24) is 9.88 Å². The molecule has 1 N–H and O–H groups in total. The van der Waals surface area contributed by atoms with Gasteiger partial charge in [0, 0.05) is 40.5 Å². The molecule has 2 aromatic rings. The van der Waals surface area contributed by atoms with E-state index in [9.17, 15) is 4.79 Å². The number of amides is 1. The van der Waals surface area contributed by atoms with E-state index in [1.54, 1.807) is 31.3 Å². The molecule has 1 aromatic carbocycles. The fraction of sp³-hybridized carbons (Fsp3) is 0.200. The Morgan fingerprint density at radius 1 is 1.29 bits per heavy atom. The highest BCUT2D eigenvalue weighted by Crippen LogP contribution is 2.21. The van der Waals surface area contributed by atoms with Crippen LogP contribution in [-0.4, -0.2) is 29.9 Å². The van der Waals surface area contributed by atoms with Crippen molar-refractivity contribution in [2.45, 2.75) is 6.54 Å². The van der Waals surface area contributed by atoms with Gasteiger partial charge in [-0.3, -0.25) is 9.78 Å². The van der Waals surface area contributed by atoms with Crippen LogP contribution in [0.1, 0.15) is 16.1 Å². The van der Waals surface area contributed by atoms with Crippen LogP contribution in [0.4, 0.5) is 5.69 Å². The average Bonchev–Trinajstić information content (AvgIpc) is 2.45. The SMILES string of the molecule is CN(C)C(=O)c1cccc(NCc2ncc(Br)cc2Br)c1. The van der Waals surface area contributed by atoms with E-state index < -0.39 is 0 Å². The maximum atomic E-state index is 11.9. The largest absolute Gasteiger partial charge is 0.379 e. The molecule has 0 saturated carbocycles. The predicted molar refractivity (Wildman–Crippen MR) is 91.4 cm³/mol. The summed E-state index contributed by atoms with van der Waals surface area (Å²) in [5.41, 5.74) is 2.45. The van der Waals surface area contributed by atoms with Gasteiger partial charge in [-0.1, -0.05) is 6.07 Å². The predicted octanol–water partition coefficient (Wildman–Crippen LogP) is 3.92. The molecule has 2 rings (SSSR count). The van der Waals surface area contributed by atoms with E-state index in [1.165, 1.54) is 0 Å². The molecule has 0 aliphatic rings. The number of pyridine rings is 1. The molecule has 6 heteroatoms. The number of benzene rings is 1. The molecular weight excluding hydrogens is 398 g/mol. The summed E-state index contributed by atoms with van der Waals surface area (Å²) in [6.45, 7) is 0.577. The number of nitrogens with one attached hydrogen (secondary N) is 1. The Labute approximate surface area is 140 Å². The molecule has 110 valence electrons. The second-order valence-electron chi connectivity index (χ2n) is 4.72. The van der Waals surface area contributed by atoms with Crippen LogP contribution in [-0.2, 0) is 6.54 Å². The van der Waals surface area contributed by atoms with Crippen molar-refractivity contribution in [1.29, 1.82) is 0 Å². The zero-order valence-electron chi connectivity index (χ0n) is 11.7. The van der Waals surface area contributed by atoms with Gasteiger partial charge in [-0.2, -0.15) is 0 Å². The lowest BCUT2D eigenvalue weighted by Crippen LogP contribution is -2.21. The van der Waals surface area contributed by atoms with Crippen LogP contribution in [0.2, 0.25) is 0 Å². The fourth-order valence-corrected chi connectivity index (χ4v) is 2.91. The van der Waals surface area contributed by atoms with Gasteiger partial charge in [0.1, 0.15) is 0 Å². The van der Waals surface area contributed by atoms with E-state index in [1.807, 2.05) is 24.3 Å². The maximum Gasteiger partial charge on any atom is 0.253 e. The first-order valence-corrected chi connectivity index (χ1v) is 7.91. The molecule has 0 aliphatic heterocycles. The molecule has 4 nitrogen and oxygen atoms in total. The van der Waals surface area contributed by atoms with E-state index >= 15 is 0 Å². The van der Waals surface area contributed by atoms with Gasteiger partial charge in [-0.05, 0) is 56.1 Å². The highest BCUT2D eigenvalue weighted by molar-refractivity contribution is 9.11. The van der Waals surface area contributed by atoms with Crippen LogP contribution in [0, 0.1) is 0 Å². The van der Waals surface area contributed by atoms with Crippen molar-refractivity contribution in [3.63, 3.8) is 0 Å². The smallest absolute Gasteiger partial charge is 0.253 e. The summed E-state index contributed by atoms with van der Waals surface area (Å²) in [6.07, 6.45) is 1.76. The number of hydrogen-bond acceptors (Lipinski definition) is 3. The van der Waals surface area contributed by atoms with Crippen molar-refractivity contribution in [2.24, 2.45) is 0 Å². The van der Waals surface area contributed by atoms with Crippen molar-refractivity contribution < 1.29 is 4.79 Å². The Bertz CT molecular complexity index is 659. The number of carbonyl (C=O) groups excluding carboxylic acids is 1. The highest BCUT2D eigenvalue weighted by atomic mass is 79.9. The van der Waals surface area contributed by atoms with E-state index in [4.69, 9.17) is 0 Å². The summed E-state index contributed by atoms with van der Waals surface area (Å²) < 4.78 is 1.86. The molecule has 0 saturated heterocycles. The first-order valence-electron chi connectivity index (χ1n) is 6.33. The standard InChI is InChI=1S/C15H15Br2N3O/c1-20(2)15(21)10-4-3-5-12(6-10)18-9-14-13(17)7-11(16)8-19-14/h3-8,18H,9H2,1-2H3. The van der Waals surface area contributed by atoms with Crippen LogP contribution in [0.5, 0.6) is 0 Å². The third-order valence-electron chi connectivity index (χ3n) is 2.86. The number of hydrogen-bond donors (Lipinski definition) is 1.